The summed E-state index contributed by atoms with van der Waals surface area (Å²) in [5.41, 5.74) is 42.8. The fraction of sp³-hybridized carbons (Fsp3) is 0.271. The SMILES string of the molecule is Cc1ccccc1-c1ccc2[n+](c1)Cc1cc(-c3c(C)cccc3C)nc(C)c1-2.c1cc2c(cn1)-c1c3c(cc[n+]1C2)CCC3.c1cc2c(cn1)-c1c3c(cc[n+]1C2)CCCC3.c1cc2c(cn1)-c1cc3c(c[n+]1C2)CCC3.c1cc2c(cn1)-c1cc3c(c[n+]1C2)CCCC3. The maximum absolute atomic E-state index is 5.02. The summed E-state index contributed by atoms with van der Waals surface area (Å²) in [5, 5.41) is 0. The summed E-state index contributed by atoms with van der Waals surface area (Å²) in [7, 11) is 0. The van der Waals surface area contributed by atoms with Gasteiger partial charge >= 0.3 is 0 Å². The highest BCUT2D eigenvalue weighted by Crippen LogP contribution is 2.39. The lowest BCUT2D eigenvalue weighted by Crippen LogP contribution is -2.33. The Labute approximate surface area is 558 Å². The molecule has 10 heteroatoms. The first-order valence-electron chi connectivity index (χ1n) is 34.8. The molecule has 10 nitrogen and oxygen atoms in total. The van der Waals surface area contributed by atoms with Gasteiger partial charge in [0.2, 0.25) is 28.5 Å². The van der Waals surface area contributed by atoms with Gasteiger partial charge in [-0.3, -0.25) is 24.9 Å². The molecule has 0 bridgehead atoms. The van der Waals surface area contributed by atoms with Crippen molar-refractivity contribution in [3.63, 3.8) is 0 Å². The molecule has 95 heavy (non-hydrogen) atoms. The molecule has 5 aliphatic heterocycles. The molecule has 0 saturated heterocycles. The van der Waals surface area contributed by atoms with Gasteiger partial charge < -0.3 is 0 Å². The Morgan fingerprint density at radius 1 is 0.316 bits per heavy atom. The molecule has 0 radical (unpaired) electrons. The summed E-state index contributed by atoms with van der Waals surface area (Å²) < 4.78 is 11.9. The van der Waals surface area contributed by atoms with Crippen molar-refractivity contribution in [1.29, 1.82) is 0 Å². The van der Waals surface area contributed by atoms with Crippen LogP contribution in [-0.4, -0.2) is 24.9 Å². The molecule has 0 atom stereocenters. The minimum absolute atomic E-state index is 0.895. The highest BCUT2D eigenvalue weighted by molar-refractivity contribution is 5.76. The van der Waals surface area contributed by atoms with Crippen LogP contribution in [-0.2, 0) is 84.1 Å². The first-order valence-corrected chi connectivity index (χ1v) is 34.8. The van der Waals surface area contributed by atoms with Crippen molar-refractivity contribution in [2.75, 3.05) is 0 Å². The minimum atomic E-state index is 0.895. The third-order valence-corrected chi connectivity index (χ3v) is 21.7. The maximum atomic E-state index is 5.02. The summed E-state index contributed by atoms with van der Waals surface area (Å²) in [6.45, 7) is 13.6. The molecule has 21 rings (SSSR count). The van der Waals surface area contributed by atoms with E-state index in [1.807, 2.05) is 49.6 Å². The van der Waals surface area contributed by atoms with Crippen LogP contribution >= 0.6 is 0 Å². The first-order chi connectivity index (χ1) is 46.7. The average Bonchev–Trinajstić information content (AvgIpc) is 1.67. The van der Waals surface area contributed by atoms with E-state index < -0.39 is 0 Å². The van der Waals surface area contributed by atoms with E-state index in [0.29, 0.717) is 0 Å². The molecule has 0 N–H and O–H groups in total. The summed E-state index contributed by atoms with van der Waals surface area (Å²) in [5.74, 6) is 0. The number of nitrogens with zero attached hydrogens (tertiary/aromatic N) is 10. The minimum Gasteiger partial charge on any atom is -0.264 e. The smallest absolute Gasteiger partial charge is 0.218 e. The summed E-state index contributed by atoms with van der Waals surface area (Å²) in [6, 6.07) is 39.8. The lowest BCUT2D eigenvalue weighted by molar-refractivity contribution is -0.672. The van der Waals surface area contributed by atoms with Crippen molar-refractivity contribution in [3.8, 4) is 78.7 Å². The number of benzene rings is 2. The topological polar surface area (TPSA) is 83.8 Å². The van der Waals surface area contributed by atoms with Crippen molar-refractivity contribution in [2.24, 2.45) is 0 Å². The number of hydrogen-bond donors (Lipinski definition) is 0. The molecule has 9 aliphatic rings. The van der Waals surface area contributed by atoms with E-state index in [-0.39, 0.29) is 0 Å². The first kappa shape index (κ1) is 58.7. The van der Waals surface area contributed by atoms with Gasteiger partial charge in [-0.1, -0.05) is 42.5 Å². The van der Waals surface area contributed by atoms with Crippen LogP contribution in [0.3, 0.4) is 0 Å². The van der Waals surface area contributed by atoms with Crippen LogP contribution in [0.1, 0.15) is 133 Å². The van der Waals surface area contributed by atoms with Crippen LogP contribution in [0.2, 0.25) is 0 Å². The number of fused-ring (bicyclic) bond motifs is 21. The largest absolute Gasteiger partial charge is 0.264 e. The van der Waals surface area contributed by atoms with Crippen LogP contribution in [0.5, 0.6) is 0 Å². The van der Waals surface area contributed by atoms with Gasteiger partial charge in [-0.2, -0.15) is 22.8 Å². The predicted molar refractivity (Wildman–Crippen MR) is 372 cm³/mol. The van der Waals surface area contributed by atoms with E-state index in [2.05, 4.69) is 211 Å². The molecule has 2 aromatic carbocycles. The Bertz CT molecular complexity index is 5060. The van der Waals surface area contributed by atoms with Crippen LogP contribution in [0, 0.1) is 27.7 Å². The molecule has 0 fully saturated rings. The Balaban J connectivity index is 0.0000000921. The van der Waals surface area contributed by atoms with E-state index in [4.69, 9.17) is 4.98 Å². The molecule has 0 saturated carbocycles. The summed E-state index contributed by atoms with van der Waals surface area (Å²) >= 11 is 0. The zero-order valence-corrected chi connectivity index (χ0v) is 55.3. The molecular formula is C85H81N10+5. The normalized spacial score (nSPS) is 14.8. The molecule has 12 aromatic rings. The van der Waals surface area contributed by atoms with Crippen molar-refractivity contribution in [2.45, 2.75) is 150 Å². The van der Waals surface area contributed by atoms with E-state index in [9.17, 15) is 0 Å². The van der Waals surface area contributed by atoms with Gasteiger partial charge in [0.25, 0.3) is 0 Å². The van der Waals surface area contributed by atoms with Gasteiger partial charge in [-0.05, 0) is 198 Å². The van der Waals surface area contributed by atoms with Gasteiger partial charge in [0.1, 0.15) is 0 Å². The van der Waals surface area contributed by atoms with Crippen molar-refractivity contribution >= 4 is 0 Å². The molecule has 15 heterocycles. The zero-order valence-electron chi connectivity index (χ0n) is 55.3. The standard InChI is InChI=1S/C27H25N2.2C15H15N2.2C14H13N2/c1-17-8-5-6-11-23(17)21-12-13-25-27-20(4)28-24(14-22(27)16-29(25)15-21)26-18(2)9-7-10-19(26)3;1-2-4-13-11(3-1)6-8-17-10-12-5-7-16-9-14(12)15(13)17;1-2-4-12-9-17-10-13-5-6-16-8-14(13)15(17)7-11(12)3-1;1-2-10-5-7-16-9-11-4-6-15-8-13(11)14(16)12(10)3-1;1-2-10-6-14-13-7-15-5-4-12(13)9-16(14)8-11(10)3-1/h5-15H,16H2,1-4H3;2*5-9H,1-4,10H2;2*4-8H,1-3,9H2/q5*+1. The van der Waals surface area contributed by atoms with Gasteiger partial charge in [0.15, 0.2) is 63.7 Å². The number of aryl methyl sites for hydroxylation is 10. The van der Waals surface area contributed by atoms with E-state index in [1.54, 1.807) is 44.5 Å². The molecule has 4 aliphatic carbocycles. The van der Waals surface area contributed by atoms with Gasteiger partial charge in [0, 0.05) is 141 Å². The highest BCUT2D eigenvalue weighted by atomic mass is 15.0. The number of aromatic nitrogens is 10. The lowest BCUT2D eigenvalue weighted by atomic mass is 9.89. The van der Waals surface area contributed by atoms with Crippen molar-refractivity contribution in [1.82, 2.24) is 24.9 Å². The van der Waals surface area contributed by atoms with Crippen LogP contribution in [0.25, 0.3) is 78.7 Å². The fourth-order valence-corrected chi connectivity index (χ4v) is 17.0. The predicted octanol–water partition coefficient (Wildman–Crippen LogP) is 14.3. The lowest BCUT2D eigenvalue weighted by Gasteiger charge is -2.15. The van der Waals surface area contributed by atoms with Gasteiger partial charge in [-0.25, -0.2) is 0 Å². The second-order valence-corrected chi connectivity index (χ2v) is 27.7. The molecule has 0 amide bonds. The third kappa shape index (κ3) is 10.8. The number of pyridine rings is 10. The average molecular weight is 1240 g/mol. The monoisotopic (exact) mass is 1240 g/mol. The Morgan fingerprint density at radius 3 is 1.37 bits per heavy atom. The number of rotatable bonds is 2. The van der Waals surface area contributed by atoms with Crippen LogP contribution in [0.15, 0.2) is 190 Å². The molecular weight excluding hydrogens is 1160 g/mol. The third-order valence-electron chi connectivity index (χ3n) is 21.7. The van der Waals surface area contributed by atoms with E-state index in [0.717, 1.165) is 44.1 Å². The Morgan fingerprint density at radius 2 is 0.768 bits per heavy atom. The second kappa shape index (κ2) is 24.7. The van der Waals surface area contributed by atoms with Crippen molar-refractivity contribution in [3.05, 3.63) is 284 Å². The molecule has 0 spiro atoms. The fourth-order valence-electron chi connectivity index (χ4n) is 17.0. The summed E-state index contributed by atoms with van der Waals surface area (Å²) in [6.07, 6.45) is 45.1. The molecule has 0 unspecified atom stereocenters. The van der Waals surface area contributed by atoms with Crippen LogP contribution < -0.4 is 22.8 Å². The van der Waals surface area contributed by atoms with Gasteiger partial charge in [-0.15, -0.1) is 0 Å². The van der Waals surface area contributed by atoms with E-state index >= 15 is 0 Å². The second-order valence-electron chi connectivity index (χ2n) is 27.7. The van der Waals surface area contributed by atoms with Gasteiger partial charge in [0.05, 0.1) is 39.2 Å². The molecule has 466 valence electrons. The highest BCUT2D eigenvalue weighted by Gasteiger charge is 2.36. The van der Waals surface area contributed by atoms with Crippen molar-refractivity contribution < 1.29 is 22.8 Å². The Kier molecular flexibility index (Phi) is 15.3. The van der Waals surface area contributed by atoms with Crippen LogP contribution in [0.4, 0.5) is 0 Å². The zero-order chi connectivity index (χ0) is 63.7. The maximum Gasteiger partial charge on any atom is 0.218 e. The van der Waals surface area contributed by atoms with E-state index in [1.165, 1.54) is 207 Å². The quantitative estimate of drug-likeness (QED) is 0.161. The Hall–Kier alpha value is -10.1. The summed E-state index contributed by atoms with van der Waals surface area (Å²) in [4.78, 5) is 22.1. The molecule has 10 aromatic heterocycles. The number of hydrogen-bond acceptors (Lipinski definition) is 5.